The molecule has 0 heterocycles. The summed E-state index contributed by atoms with van der Waals surface area (Å²) in [5, 5.41) is 2.96. The number of hydrogen-bond acceptors (Lipinski definition) is 3. The highest BCUT2D eigenvalue weighted by atomic mass is 16.5. The van der Waals surface area contributed by atoms with Gasteiger partial charge in [-0.25, -0.2) is 4.79 Å². The predicted molar refractivity (Wildman–Crippen MR) is 88.5 cm³/mol. The average Bonchev–Trinajstić information content (AvgIpc) is 2.47. The number of anilines is 2. The summed E-state index contributed by atoms with van der Waals surface area (Å²) in [5.41, 5.74) is 1.63. The van der Waals surface area contributed by atoms with Gasteiger partial charge in [0, 0.05) is 27.7 Å². The summed E-state index contributed by atoms with van der Waals surface area (Å²) in [4.78, 5) is 16.0. The fourth-order valence-electron chi connectivity index (χ4n) is 2.09. The molecule has 1 aromatic carbocycles. The molecule has 0 aliphatic rings. The van der Waals surface area contributed by atoms with E-state index in [9.17, 15) is 4.79 Å². The Balaban J connectivity index is 2.83. The average molecular weight is 293 g/mol. The Morgan fingerprint density at radius 3 is 2.52 bits per heavy atom. The number of carbonyl (C=O) groups excluding carboxylic acids is 1. The quantitative estimate of drug-likeness (QED) is 0.784. The van der Waals surface area contributed by atoms with Crippen molar-refractivity contribution in [1.82, 2.24) is 4.90 Å². The van der Waals surface area contributed by atoms with Crippen molar-refractivity contribution in [2.45, 2.75) is 26.2 Å². The van der Waals surface area contributed by atoms with Crippen molar-refractivity contribution in [2.24, 2.45) is 0 Å². The summed E-state index contributed by atoms with van der Waals surface area (Å²) in [6.07, 6.45) is 3.30. The molecular weight excluding hydrogens is 266 g/mol. The third-order valence-corrected chi connectivity index (χ3v) is 3.38. The fourth-order valence-corrected chi connectivity index (χ4v) is 2.09. The van der Waals surface area contributed by atoms with E-state index in [1.165, 1.54) is 0 Å². The summed E-state index contributed by atoms with van der Waals surface area (Å²) < 4.78 is 5.36. The highest BCUT2D eigenvalue weighted by molar-refractivity contribution is 5.95. The zero-order valence-corrected chi connectivity index (χ0v) is 13.8. The van der Waals surface area contributed by atoms with Gasteiger partial charge in [-0.2, -0.15) is 0 Å². The molecule has 0 radical (unpaired) electrons. The van der Waals surface area contributed by atoms with Crippen molar-refractivity contribution >= 4 is 17.4 Å². The van der Waals surface area contributed by atoms with E-state index >= 15 is 0 Å². The van der Waals surface area contributed by atoms with Gasteiger partial charge in [0.05, 0.1) is 12.8 Å². The summed E-state index contributed by atoms with van der Waals surface area (Å²) in [7, 11) is 7.30. The maximum Gasteiger partial charge on any atom is 0.321 e. The lowest BCUT2D eigenvalue weighted by Crippen LogP contribution is -2.32. The Morgan fingerprint density at radius 2 is 1.95 bits per heavy atom. The van der Waals surface area contributed by atoms with Crippen LogP contribution in [-0.4, -0.2) is 45.7 Å². The Hall–Kier alpha value is -1.91. The van der Waals surface area contributed by atoms with Gasteiger partial charge in [-0.3, -0.25) is 0 Å². The van der Waals surface area contributed by atoms with Crippen LogP contribution in [0.4, 0.5) is 16.2 Å². The van der Waals surface area contributed by atoms with Gasteiger partial charge in [0.1, 0.15) is 11.4 Å². The fraction of sp³-hybridized carbons (Fsp3) is 0.562. The van der Waals surface area contributed by atoms with Crippen LogP contribution in [0, 0.1) is 0 Å². The lowest BCUT2D eigenvalue weighted by atomic mass is 10.2. The molecule has 21 heavy (non-hydrogen) atoms. The van der Waals surface area contributed by atoms with E-state index in [4.69, 9.17) is 4.74 Å². The monoisotopic (exact) mass is 293 g/mol. The number of hydrogen-bond donors (Lipinski definition) is 1. The van der Waals surface area contributed by atoms with Gasteiger partial charge < -0.3 is 19.9 Å². The van der Waals surface area contributed by atoms with Gasteiger partial charge in [0.2, 0.25) is 0 Å². The Morgan fingerprint density at radius 1 is 1.24 bits per heavy atom. The van der Waals surface area contributed by atoms with Crippen LogP contribution < -0.4 is 15.0 Å². The summed E-state index contributed by atoms with van der Waals surface area (Å²) >= 11 is 0. The van der Waals surface area contributed by atoms with Crippen LogP contribution in [0.5, 0.6) is 5.75 Å². The second kappa shape index (κ2) is 8.39. The minimum atomic E-state index is -0.112. The van der Waals surface area contributed by atoms with Gasteiger partial charge in [0.15, 0.2) is 0 Å². The molecule has 5 heteroatoms. The van der Waals surface area contributed by atoms with E-state index in [-0.39, 0.29) is 6.03 Å². The van der Waals surface area contributed by atoms with Gasteiger partial charge in [-0.05, 0) is 18.6 Å². The molecule has 0 unspecified atom stereocenters. The molecule has 118 valence electrons. The van der Waals surface area contributed by atoms with Gasteiger partial charge in [-0.15, -0.1) is 0 Å². The molecule has 2 amide bonds. The normalized spacial score (nSPS) is 10.1. The van der Waals surface area contributed by atoms with E-state index in [1.54, 1.807) is 12.0 Å². The van der Waals surface area contributed by atoms with E-state index in [0.29, 0.717) is 11.4 Å². The number of amides is 2. The largest absolute Gasteiger partial charge is 0.494 e. The van der Waals surface area contributed by atoms with E-state index in [2.05, 4.69) is 12.2 Å². The van der Waals surface area contributed by atoms with Crippen LogP contribution in [0.3, 0.4) is 0 Å². The SMILES string of the molecule is CCCCCN(C)C(=O)Nc1c(OC)cccc1N(C)C. The molecule has 0 aliphatic carbocycles. The maximum atomic E-state index is 12.3. The zero-order chi connectivity index (χ0) is 15.8. The predicted octanol–water partition coefficient (Wildman–Crippen LogP) is 3.42. The van der Waals surface area contributed by atoms with Gasteiger partial charge in [-0.1, -0.05) is 25.8 Å². The molecule has 5 nitrogen and oxygen atoms in total. The number of benzene rings is 1. The standard InChI is InChI=1S/C16H27N3O2/c1-6-7-8-12-19(4)16(20)17-15-13(18(2)3)10-9-11-14(15)21-5/h9-11H,6-8,12H2,1-5H3,(H,17,20). The maximum absolute atomic E-state index is 12.3. The van der Waals surface area contributed by atoms with E-state index < -0.39 is 0 Å². The summed E-state index contributed by atoms with van der Waals surface area (Å²) in [6.45, 7) is 2.91. The van der Waals surface area contributed by atoms with Crippen molar-refractivity contribution in [2.75, 3.05) is 45.0 Å². The second-order valence-corrected chi connectivity index (χ2v) is 5.31. The van der Waals surface area contributed by atoms with Crippen LogP contribution in [0.2, 0.25) is 0 Å². The van der Waals surface area contributed by atoms with Gasteiger partial charge >= 0.3 is 6.03 Å². The van der Waals surface area contributed by atoms with Crippen LogP contribution in [0.1, 0.15) is 26.2 Å². The zero-order valence-electron chi connectivity index (χ0n) is 13.8. The Labute approximate surface area is 127 Å². The van der Waals surface area contributed by atoms with Crippen molar-refractivity contribution in [3.8, 4) is 5.75 Å². The first-order valence-electron chi connectivity index (χ1n) is 7.37. The Kier molecular flexibility index (Phi) is 6.85. The van der Waals surface area contributed by atoms with Crippen LogP contribution >= 0.6 is 0 Å². The van der Waals surface area contributed by atoms with Crippen molar-refractivity contribution in [1.29, 1.82) is 0 Å². The number of rotatable bonds is 7. The molecule has 0 saturated carbocycles. The van der Waals surface area contributed by atoms with Crippen molar-refractivity contribution < 1.29 is 9.53 Å². The molecule has 1 N–H and O–H groups in total. The van der Waals surface area contributed by atoms with Crippen LogP contribution in [-0.2, 0) is 0 Å². The third kappa shape index (κ3) is 4.85. The lowest BCUT2D eigenvalue weighted by Gasteiger charge is -2.23. The minimum Gasteiger partial charge on any atom is -0.494 e. The Bertz CT molecular complexity index is 461. The number of nitrogens with one attached hydrogen (secondary N) is 1. The van der Waals surface area contributed by atoms with E-state index in [0.717, 1.165) is 31.5 Å². The minimum absolute atomic E-state index is 0.112. The molecule has 0 spiro atoms. The first kappa shape index (κ1) is 17.1. The molecule has 0 aromatic heterocycles. The highest BCUT2D eigenvalue weighted by Gasteiger charge is 2.16. The molecule has 0 aliphatic heterocycles. The second-order valence-electron chi connectivity index (χ2n) is 5.31. The number of nitrogens with zero attached hydrogens (tertiary/aromatic N) is 2. The first-order chi connectivity index (χ1) is 10.0. The third-order valence-electron chi connectivity index (χ3n) is 3.38. The number of urea groups is 1. The van der Waals surface area contributed by atoms with Crippen molar-refractivity contribution in [3.63, 3.8) is 0 Å². The summed E-state index contributed by atoms with van der Waals surface area (Å²) in [6, 6.07) is 5.60. The summed E-state index contributed by atoms with van der Waals surface area (Å²) in [5.74, 6) is 0.663. The van der Waals surface area contributed by atoms with E-state index in [1.807, 2.05) is 44.2 Å². The number of para-hydroxylation sites is 1. The topological polar surface area (TPSA) is 44.8 Å². The van der Waals surface area contributed by atoms with Crippen LogP contribution in [0.25, 0.3) is 0 Å². The molecule has 1 rings (SSSR count). The number of unbranched alkanes of at least 4 members (excludes halogenated alkanes) is 2. The van der Waals surface area contributed by atoms with Crippen LogP contribution in [0.15, 0.2) is 18.2 Å². The van der Waals surface area contributed by atoms with Gasteiger partial charge in [0.25, 0.3) is 0 Å². The lowest BCUT2D eigenvalue weighted by molar-refractivity contribution is 0.221. The first-order valence-corrected chi connectivity index (χ1v) is 7.37. The molecule has 0 atom stereocenters. The number of carbonyl (C=O) groups is 1. The highest BCUT2D eigenvalue weighted by Crippen LogP contribution is 2.34. The molecule has 0 bridgehead atoms. The molecule has 0 fully saturated rings. The number of ether oxygens (including phenoxy) is 1. The molecule has 0 saturated heterocycles. The number of methoxy groups -OCH3 is 1. The smallest absolute Gasteiger partial charge is 0.321 e. The molecular formula is C16H27N3O2. The van der Waals surface area contributed by atoms with Crippen molar-refractivity contribution in [3.05, 3.63) is 18.2 Å². The molecule has 1 aromatic rings.